The zero-order chi connectivity index (χ0) is 13.0. The van der Waals surface area contributed by atoms with E-state index >= 15 is 0 Å². The highest BCUT2D eigenvalue weighted by Crippen LogP contribution is 2.29. The van der Waals surface area contributed by atoms with Gasteiger partial charge in [0.1, 0.15) is 6.10 Å². The standard InChI is InChI=1S/C13H16N2O2S/c1-3-6-10(16)12-14-13(17-15-12)9-7-4-5-8-11(9)18-2/h4-5,7-8,10,16H,3,6H2,1-2H3. The highest BCUT2D eigenvalue weighted by molar-refractivity contribution is 7.98. The molecule has 0 saturated carbocycles. The predicted octanol–water partition coefficient (Wildman–Crippen LogP) is 3.29. The molecule has 0 aliphatic carbocycles. The minimum atomic E-state index is -0.644. The number of rotatable bonds is 5. The Labute approximate surface area is 110 Å². The van der Waals surface area contributed by atoms with Crippen LogP contribution in [0.1, 0.15) is 31.7 Å². The molecule has 2 aromatic rings. The van der Waals surface area contributed by atoms with Crippen molar-refractivity contribution >= 4 is 11.8 Å². The van der Waals surface area contributed by atoms with Gasteiger partial charge in [0, 0.05) is 4.90 Å². The van der Waals surface area contributed by atoms with Crippen LogP contribution in [0.2, 0.25) is 0 Å². The molecule has 96 valence electrons. The molecule has 1 unspecified atom stereocenters. The zero-order valence-electron chi connectivity index (χ0n) is 10.5. The van der Waals surface area contributed by atoms with Gasteiger partial charge in [-0.3, -0.25) is 0 Å². The summed E-state index contributed by atoms with van der Waals surface area (Å²) in [5.41, 5.74) is 0.910. The van der Waals surface area contributed by atoms with Crippen molar-refractivity contribution in [3.63, 3.8) is 0 Å². The smallest absolute Gasteiger partial charge is 0.259 e. The molecule has 1 heterocycles. The number of benzene rings is 1. The summed E-state index contributed by atoms with van der Waals surface area (Å²) in [4.78, 5) is 5.35. The molecular weight excluding hydrogens is 248 g/mol. The van der Waals surface area contributed by atoms with E-state index in [0.717, 1.165) is 16.9 Å². The SMILES string of the molecule is CCCC(O)c1noc(-c2ccccc2SC)n1. The van der Waals surface area contributed by atoms with Gasteiger partial charge in [0.25, 0.3) is 5.89 Å². The van der Waals surface area contributed by atoms with Crippen LogP contribution in [-0.4, -0.2) is 21.5 Å². The Morgan fingerprint density at radius 1 is 1.39 bits per heavy atom. The molecule has 0 bridgehead atoms. The van der Waals surface area contributed by atoms with Gasteiger partial charge in [0.05, 0.1) is 5.56 Å². The fourth-order valence-electron chi connectivity index (χ4n) is 1.70. The zero-order valence-corrected chi connectivity index (χ0v) is 11.3. The minimum absolute atomic E-state index is 0.364. The Balaban J connectivity index is 2.29. The maximum Gasteiger partial charge on any atom is 0.259 e. The lowest BCUT2D eigenvalue weighted by Gasteiger charge is -2.02. The van der Waals surface area contributed by atoms with Crippen LogP contribution in [0.5, 0.6) is 0 Å². The number of hydrogen-bond donors (Lipinski definition) is 1. The van der Waals surface area contributed by atoms with E-state index in [1.807, 2.05) is 37.4 Å². The van der Waals surface area contributed by atoms with Crippen LogP contribution in [-0.2, 0) is 0 Å². The molecule has 5 heteroatoms. The monoisotopic (exact) mass is 264 g/mol. The second kappa shape index (κ2) is 6.02. The largest absolute Gasteiger partial charge is 0.385 e. The Bertz CT molecular complexity index is 513. The minimum Gasteiger partial charge on any atom is -0.385 e. The summed E-state index contributed by atoms with van der Waals surface area (Å²) in [7, 11) is 0. The Morgan fingerprint density at radius 2 is 2.17 bits per heavy atom. The number of hydrogen-bond acceptors (Lipinski definition) is 5. The summed E-state index contributed by atoms with van der Waals surface area (Å²) in [5.74, 6) is 0.827. The second-order valence-electron chi connectivity index (χ2n) is 3.96. The fraction of sp³-hybridized carbons (Fsp3) is 0.385. The molecular formula is C13H16N2O2S. The first-order valence-corrected chi connectivity index (χ1v) is 7.13. The summed E-state index contributed by atoms with van der Waals surface area (Å²) in [6.45, 7) is 2.01. The lowest BCUT2D eigenvalue weighted by Crippen LogP contribution is -1.98. The van der Waals surface area contributed by atoms with Crippen LogP contribution < -0.4 is 0 Å². The molecule has 1 N–H and O–H groups in total. The van der Waals surface area contributed by atoms with E-state index in [1.165, 1.54) is 0 Å². The summed E-state index contributed by atoms with van der Waals surface area (Å²) in [6.07, 6.45) is 2.88. The lowest BCUT2D eigenvalue weighted by molar-refractivity contribution is 0.153. The van der Waals surface area contributed by atoms with Crippen LogP contribution >= 0.6 is 11.8 Å². The van der Waals surface area contributed by atoms with Gasteiger partial charge in [-0.2, -0.15) is 4.98 Å². The van der Waals surface area contributed by atoms with Crippen molar-refractivity contribution in [3.05, 3.63) is 30.1 Å². The van der Waals surface area contributed by atoms with Gasteiger partial charge >= 0.3 is 0 Å². The fourth-order valence-corrected chi connectivity index (χ4v) is 2.29. The van der Waals surface area contributed by atoms with Gasteiger partial charge < -0.3 is 9.63 Å². The van der Waals surface area contributed by atoms with Crippen molar-refractivity contribution in [2.45, 2.75) is 30.8 Å². The molecule has 4 nitrogen and oxygen atoms in total. The van der Waals surface area contributed by atoms with E-state index in [1.54, 1.807) is 11.8 Å². The highest BCUT2D eigenvalue weighted by Gasteiger charge is 2.17. The molecule has 0 spiro atoms. The van der Waals surface area contributed by atoms with E-state index in [2.05, 4.69) is 10.1 Å². The van der Waals surface area contributed by atoms with Crippen molar-refractivity contribution in [1.82, 2.24) is 10.1 Å². The molecule has 0 radical (unpaired) electrons. The van der Waals surface area contributed by atoms with Crippen molar-refractivity contribution < 1.29 is 9.63 Å². The van der Waals surface area contributed by atoms with Gasteiger partial charge in [-0.1, -0.05) is 30.6 Å². The number of aromatic nitrogens is 2. The first-order valence-electron chi connectivity index (χ1n) is 5.91. The molecule has 0 saturated heterocycles. The molecule has 18 heavy (non-hydrogen) atoms. The Kier molecular flexibility index (Phi) is 4.38. The van der Waals surface area contributed by atoms with Gasteiger partial charge in [-0.05, 0) is 24.8 Å². The maximum atomic E-state index is 9.82. The predicted molar refractivity (Wildman–Crippen MR) is 71.4 cm³/mol. The lowest BCUT2D eigenvalue weighted by atomic mass is 10.2. The van der Waals surface area contributed by atoms with E-state index in [4.69, 9.17) is 4.52 Å². The first kappa shape index (κ1) is 13.1. The first-order chi connectivity index (χ1) is 8.76. The average Bonchev–Trinajstić information content (AvgIpc) is 2.88. The van der Waals surface area contributed by atoms with Crippen LogP contribution in [0.15, 0.2) is 33.7 Å². The average molecular weight is 264 g/mol. The third kappa shape index (κ3) is 2.73. The van der Waals surface area contributed by atoms with Crippen molar-refractivity contribution in [1.29, 1.82) is 0 Å². The molecule has 2 rings (SSSR count). The summed E-state index contributed by atoms with van der Waals surface area (Å²) >= 11 is 1.63. The summed E-state index contributed by atoms with van der Waals surface area (Å²) in [5, 5.41) is 13.7. The normalized spacial score (nSPS) is 12.6. The van der Waals surface area contributed by atoms with Crippen LogP contribution in [0.4, 0.5) is 0 Å². The Morgan fingerprint density at radius 3 is 2.89 bits per heavy atom. The summed E-state index contributed by atoms with van der Waals surface area (Å²) < 4.78 is 5.23. The number of thioether (sulfide) groups is 1. The molecule has 0 amide bonds. The molecule has 1 atom stereocenters. The van der Waals surface area contributed by atoms with E-state index < -0.39 is 6.10 Å². The number of aliphatic hydroxyl groups is 1. The number of aliphatic hydroxyl groups excluding tert-OH is 1. The van der Waals surface area contributed by atoms with Crippen LogP contribution in [0, 0.1) is 0 Å². The second-order valence-corrected chi connectivity index (χ2v) is 4.81. The van der Waals surface area contributed by atoms with Crippen molar-refractivity contribution in [2.24, 2.45) is 0 Å². The number of nitrogens with zero attached hydrogens (tertiary/aromatic N) is 2. The molecule has 1 aromatic carbocycles. The van der Waals surface area contributed by atoms with Gasteiger partial charge in [0.15, 0.2) is 0 Å². The molecule has 0 fully saturated rings. The third-order valence-electron chi connectivity index (χ3n) is 2.64. The van der Waals surface area contributed by atoms with E-state index in [0.29, 0.717) is 18.1 Å². The summed E-state index contributed by atoms with van der Waals surface area (Å²) in [6, 6.07) is 7.85. The highest BCUT2D eigenvalue weighted by atomic mass is 32.2. The van der Waals surface area contributed by atoms with Crippen molar-refractivity contribution in [2.75, 3.05) is 6.26 Å². The quantitative estimate of drug-likeness (QED) is 0.840. The van der Waals surface area contributed by atoms with Gasteiger partial charge in [0.2, 0.25) is 5.82 Å². The van der Waals surface area contributed by atoms with Gasteiger partial charge in [-0.15, -0.1) is 11.8 Å². The van der Waals surface area contributed by atoms with Crippen molar-refractivity contribution in [3.8, 4) is 11.5 Å². The van der Waals surface area contributed by atoms with Crippen LogP contribution in [0.25, 0.3) is 11.5 Å². The molecule has 0 aliphatic rings. The molecule has 1 aromatic heterocycles. The van der Waals surface area contributed by atoms with E-state index in [-0.39, 0.29) is 0 Å². The topological polar surface area (TPSA) is 59.2 Å². The van der Waals surface area contributed by atoms with Gasteiger partial charge in [-0.25, -0.2) is 0 Å². The van der Waals surface area contributed by atoms with Crippen LogP contribution in [0.3, 0.4) is 0 Å². The van der Waals surface area contributed by atoms with E-state index in [9.17, 15) is 5.11 Å². The maximum absolute atomic E-state index is 9.82. The third-order valence-corrected chi connectivity index (χ3v) is 3.44. The Hall–Kier alpha value is -1.33. The molecule has 0 aliphatic heterocycles.